The second-order valence-electron chi connectivity index (χ2n) is 7.05. The van der Waals surface area contributed by atoms with Gasteiger partial charge in [0, 0.05) is 23.8 Å². The van der Waals surface area contributed by atoms with Crippen LogP contribution >= 0.6 is 11.6 Å². The molecule has 2 saturated carbocycles. The highest BCUT2D eigenvalue weighted by Gasteiger charge is 2.41. The quantitative estimate of drug-likeness (QED) is 0.847. The number of carbonyl (C=O) groups is 3. The zero-order valence-electron chi connectivity index (χ0n) is 13.6. The van der Waals surface area contributed by atoms with Gasteiger partial charge in [-0.25, -0.2) is 0 Å². The number of nitrogens with one attached hydrogen (secondary N) is 2. The summed E-state index contributed by atoms with van der Waals surface area (Å²) in [5.74, 6) is 0.369. The van der Waals surface area contributed by atoms with Gasteiger partial charge in [-0.05, 0) is 31.7 Å². The Hall–Kier alpha value is -2.08. The molecule has 25 heavy (non-hydrogen) atoms. The molecule has 1 aliphatic heterocycles. The fraction of sp³-hybridized carbons (Fsp3) is 0.500. The third-order valence-corrected chi connectivity index (χ3v) is 5.69. The van der Waals surface area contributed by atoms with Crippen LogP contribution < -0.4 is 15.4 Å². The number of hydrogen-bond donors (Lipinski definition) is 2. The Kier molecular flexibility index (Phi) is 4.15. The first kappa shape index (κ1) is 16.4. The Balaban J connectivity index is 1.50. The molecule has 2 atom stereocenters. The van der Waals surface area contributed by atoms with Crippen LogP contribution in [0.2, 0.25) is 5.02 Å². The molecule has 0 spiro atoms. The molecule has 6 nitrogen and oxygen atoms in total. The number of Topliss-reactive ketones (excluding diaryl/α,β-unsaturated/α-hetero) is 1. The van der Waals surface area contributed by atoms with E-state index < -0.39 is 0 Å². The molecule has 1 aromatic carbocycles. The number of fused-ring (bicyclic) bond motifs is 3. The Morgan fingerprint density at radius 1 is 1.20 bits per heavy atom. The molecular formula is C18H19ClN2O4. The summed E-state index contributed by atoms with van der Waals surface area (Å²) >= 11 is 6.24. The fourth-order valence-corrected chi connectivity index (χ4v) is 4.34. The van der Waals surface area contributed by atoms with Gasteiger partial charge in [0.05, 0.1) is 16.4 Å². The lowest BCUT2D eigenvalue weighted by molar-refractivity contribution is -0.136. The lowest BCUT2D eigenvalue weighted by Crippen LogP contribution is -2.40. The van der Waals surface area contributed by atoms with Crippen LogP contribution in [0.15, 0.2) is 12.1 Å². The summed E-state index contributed by atoms with van der Waals surface area (Å²) < 4.78 is 5.37. The van der Waals surface area contributed by atoms with Crippen LogP contribution in [0.4, 0.5) is 11.4 Å². The molecule has 2 aliphatic carbocycles. The summed E-state index contributed by atoms with van der Waals surface area (Å²) in [6.07, 6.45) is 4.11. The van der Waals surface area contributed by atoms with E-state index in [9.17, 15) is 14.4 Å². The summed E-state index contributed by atoms with van der Waals surface area (Å²) in [5.41, 5.74) is 0.959. The lowest BCUT2D eigenvalue weighted by Gasteiger charge is -2.37. The van der Waals surface area contributed by atoms with Crippen LogP contribution in [-0.4, -0.2) is 24.2 Å². The van der Waals surface area contributed by atoms with Gasteiger partial charge in [-0.3, -0.25) is 14.4 Å². The monoisotopic (exact) mass is 362 g/mol. The predicted molar refractivity (Wildman–Crippen MR) is 92.8 cm³/mol. The average molecular weight is 363 g/mol. The molecule has 3 aliphatic rings. The summed E-state index contributed by atoms with van der Waals surface area (Å²) in [4.78, 5) is 36.2. The zero-order chi connectivity index (χ0) is 17.6. The number of anilines is 2. The molecule has 1 heterocycles. The van der Waals surface area contributed by atoms with Crippen molar-refractivity contribution in [1.29, 1.82) is 0 Å². The van der Waals surface area contributed by atoms with Gasteiger partial charge in [0.1, 0.15) is 11.5 Å². The van der Waals surface area contributed by atoms with E-state index in [0.717, 1.165) is 19.3 Å². The van der Waals surface area contributed by atoms with E-state index in [1.807, 2.05) is 0 Å². The van der Waals surface area contributed by atoms with Crippen molar-refractivity contribution in [1.82, 2.24) is 0 Å². The molecule has 2 fully saturated rings. The number of ketones is 1. The first-order valence-corrected chi connectivity index (χ1v) is 9.00. The minimum Gasteiger partial charge on any atom is -0.482 e. The molecule has 2 unspecified atom stereocenters. The number of carbonyl (C=O) groups excluding carboxylic acids is 3. The maximum absolute atomic E-state index is 12.7. The summed E-state index contributed by atoms with van der Waals surface area (Å²) in [6, 6.07) is 3.20. The molecule has 0 radical (unpaired) electrons. The molecule has 2 N–H and O–H groups in total. The minimum atomic E-state index is -0.237. The van der Waals surface area contributed by atoms with E-state index >= 15 is 0 Å². The smallest absolute Gasteiger partial charge is 0.262 e. The van der Waals surface area contributed by atoms with Gasteiger partial charge >= 0.3 is 0 Å². The van der Waals surface area contributed by atoms with E-state index in [4.69, 9.17) is 16.3 Å². The third kappa shape index (κ3) is 3.11. The Labute approximate surface area is 150 Å². The van der Waals surface area contributed by atoms with Crippen molar-refractivity contribution >= 4 is 40.6 Å². The first-order valence-electron chi connectivity index (χ1n) is 8.62. The van der Waals surface area contributed by atoms with Gasteiger partial charge in [0.25, 0.3) is 5.91 Å². The van der Waals surface area contributed by atoms with Crippen molar-refractivity contribution in [3.8, 4) is 5.75 Å². The van der Waals surface area contributed by atoms with Crippen LogP contribution in [0.3, 0.4) is 0 Å². The zero-order valence-corrected chi connectivity index (χ0v) is 14.4. The second-order valence-corrected chi connectivity index (χ2v) is 7.46. The van der Waals surface area contributed by atoms with E-state index in [-0.39, 0.29) is 36.2 Å². The summed E-state index contributed by atoms with van der Waals surface area (Å²) in [7, 11) is 0. The number of ether oxygens (including phenoxy) is 1. The number of halogens is 1. The number of rotatable bonds is 2. The normalized spacial score (nSPS) is 27.8. The SMILES string of the molecule is O=C1COc2cc(NC(=O)C3CC4CCCC(C3)C4=O)c(Cl)cc2N1. The molecule has 2 amide bonds. The van der Waals surface area contributed by atoms with Crippen LogP contribution in [0.25, 0.3) is 0 Å². The van der Waals surface area contributed by atoms with Crippen LogP contribution in [-0.2, 0) is 14.4 Å². The average Bonchev–Trinajstić information content (AvgIpc) is 2.55. The maximum Gasteiger partial charge on any atom is 0.262 e. The lowest BCUT2D eigenvalue weighted by atomic mass is 9.67. The number of benzene rings is 1. The Morgan fingerprint density at radius 2 is 1.92 bits per heavy atom. The van der Waals surface area contributed by atoms with Gasteiger partial charge < -0.3 is 15.4 Å². The minimum absolute atomic E-state index is 0.0285. The van der Waals surface area contributed by atoms with E-state index in [0.29, 0.717) is 40.8 Å². The standard InChI is InChI=1S/C18H19ClN2O4/c19-12-6-14-15(25-8-16(22)20-14)7-13(12)21-18(24)11-4-9-2-1-3-10(5-11)17(9)23/h6-7,9-11H,1-5,8H2,(H,20,22)(H,21,24). The largest absolute Gasteiger partial charge is 0.482 e. The highest BCUT2D eigenvalue weighted by atomic mass is 35.5. The van der Waals surface area contributed by atoms with Gasteiger partial charge in [0.2, 0.25) is 5.91 Å². The third-order valence-electron chi connectivity index (χ3n) is 5.38. The van der Waals surface area contributed by atoms with Gasteiger partial charge in [-0.2, -0.15) is 0 Å². The molecule has 0 aromatic heterocycles. The Bertz CT molecular complexity index is 748. The fourth-order valence-electron chi connectivity index (χ4n) is 4.12. The molecule has 132 valence electrons. The van der Waals surface area contributed by atoms with Crippen LogP contribution in [0.1, 0.15) is 32.1 Å². The predicted octanol–water partition coefficient (Wildman–Crippen LogP) is 3.00. The molecule has 1 aromatic rings. The van der Waals surface area contributed by atoms with Crippen molar-refractivity contribution in [2.24, 2.45) is 17.8 Å². The molecule has 0 saturated heterocycles. The van der Waals surface area contributed by atoms with Gasteiger partial charge in [-0.1, -0.05) is 18.0 Å². The van der Waals surface area contributed by atoms with E-state index in [2.05, 4.69) is 10.6 Å². The summed E-state index contributed by atoms with van der Waals surface area (Å²) in [5, 5.41) is 5.89. The van der Waals surface area contributed by atoms with E-state index in [1.54, 1.807) is 12.1 Å². The molecular weight excluding hydrogens is 344 g/mol. The van der Waals surface area contributed by atoms with Crippen LogP contribution in [0.5, 0.6) is 5.75 Å². The maximum atomic E-state index is 12.7. The summed E-state index contributed by atoms with van der Waals surface area (Å²) in [6.45, 7) is -0.0594. The van der Waals surface area contributed by atoms with E-state index in [1.165, 1.54) is 0 Å². The highest BCUT2D eigenvalue weighted by Crippen LogP contribution is 2.41. The second kappa shape index (κ2) is 6.33. The molecule has 2 bridgehead atoms. The first-order chi connectivity index (χ1) is 12.0. The van der Waals surface area contributed by atoms with Crippen molar-refractivity contribution in [2.75, 3.05) is 17.2 Å². The number of hydrogen-bond acceptors (Lipinski definition) is 4. The van der Waals surface area contributed by atoms with Crippen molar-refractivity contribution in [2.45, 2.75) is 32.1 Å². The highest BCUT2D eigenvalue weighted by molar-refractivity contribution is 6.34. The van der Waals surface area contributed by atoms with Gasteiger partial charge in [0.15, 0.2) is 6.61 Å². The molecule has 7 heteroatoms. The number of amides is 2. The molecule has 4 rings (SSSR count). The topological polar surface area (TPSA) is 84.5 Å². The van der Waals surface area contributed by atoms with Gasteiger partial charge in [-0.15, -0.1) is 0 Å². The Morgan fingerprint density at radius 3 is 2.64 bits per heavy atom. The van der Waals surface area contributed by atoms with Crippen molar-refractivity contribution in [3.63, 3.8) is 0 Å². The van der Waals surface area contributed by atoms with Crippen molar-refractivity contribution in [3.05, 3.63) is 17.2 Å². The van der Waals surface area contributed by atoms with Crippen molar-refractivity contribution < 1.29 is 19.1 Å². The van der Waals surface area contributed by atoms with Crippen LogP contribution in [0, 0.1) is 17.8 Å².